The number of carbonyl (C=O) groups excluding carboxylic acids is 2. The van der Waals surface area contributed by atoms with E-state index in [0.717, 1.165) is 11.4 Å². The lowest BCUT2D eigenvalue weighted by Crippen LogP contribution is -2.48. The molecule has 2 aromatic rings. The van der Waals surface area contributed by atoms with E-state index in [2.05, 4.69) is 20.5 Å². The molecule has 154 valence electrons. The number of halogens is 1. The summed E-state index contributed by atoms with van der Waals surface area (Å²) in [4.78, 5) is 31.5. The van der Waals surface area contributed by atoms with Crippen molar-refractivity contribution in [3.63, 3.8) is 0 Å². The fourth-order valence-corrected chi connectivity index (χ4v) is 3.06. The first kappa shape index (κ1) is 20.4. The van der Waals surface area contributed by atoms with E-state index < -0.39 is 6.03 Å². The van der Waals surface area contributed by atoms with Crippen LogP contribution in [0.3, 0.4) is 0 Å². The minimum atomic E-state index is -0.438. The first-order chi connectivity index (χ1) is 14.0. The highest BCUT2D eigenvalue weighted by atomic mass is 19.1. The van der Waals surface area contributed by atoms with Gasteiger partial charge in [0.15, 0.2) is 0 Å². The van der Waals surface area contributed by atoms with Crippen LogP contribution < -0.4 is 15.5 Å². The minimum absolute atomic E-state index is 0.0485. The Morgan fingerprint density at radius 1 is 1.17 bits per heavy atom. The number of rotatable bonds is 4. The van der Waals surface area contributed by atoms with Crippen LogP contribution in [0.25, 0.3) is 0 Å². The van der Waals surface area contributed by atoms with Gasteiger partial charge in [-0.1, -0.05) is 0 Å². The van der Waals surface area contributed by atoms with Gasteiger partial charge >= 0.3 is 12.1 Å². The Hall–Kier alpha value is -3.36. The zero-order valence-electron chi connectivity index (χ0n) is 16.4. The van der Waals surface area contributed by atoms with Crippen LogP contribution in [0.1, 0.15) is 11.3 Å². The highest BCUT2D eigenvalue weighted by molar-refractivity contribution is 5.88. The van der Waals surface area contributed by atoms with Crippen molar-refractivity contribution >= 4 is 23.5 Å². The lowest BCUT2D eigenvalue weighted by Gasteiger charge is -2.35. The normalized spacial score (nSPS) is 13.8. The van der Waals surface area contributed by atoms with Gasteiger partial charge in [0, 0.05) is 49.7 Å². The molecule has 0 saturated carbocycles. The molecule has 8 nitrogen and oxygen atoms in total. The van der Waals surface area contributed by atoms with Crippen molar-refractivity contribution in [1.82, 2.24) is 15.2 Å². The summed E-state index contributed by atoms with van der Waals surface area (Å²) in [6, 6.07) is 7.91. The van der Waals surface area contributed by atoms with Crippen molar-refractivity contribution in [2.24, 2.45) is 0 Å². The molecule has 3 amide bonds. The monoisotopic (exact) mass is 401 g/mol. The van der Waals surface area contributed by atoms with E-state index in [1.807, 2.05) is 6.92 Å². The molecule has 0 aliphatic carbocycles. The maximum atomic E-state index is 14.2. The van der Waals surface area contributed by atoms with Gasteiger partial charge in [0.1, 0.15) is 5.82 Å². The zero-order chi connectivity index (χ0) is 20.8. The number of nitrogens with zero attached hydrogens (tertiary/aromatic N) is 3. The van der Waals surface area contributed by atoms with Crippen LogP contribution in [-0.4, -0.2) is 55.3 Å². The Morgan fingerprint density at radius 2 is 1.93 bits per heavy atom. The fraction of sp³-hybridized carbons (Fsp3) is 0.350. The quantitative estimate of drug-likeness (QED) is 0.823. The highest BCUT2D eigenvalue weighted by Gasteiger charge is 2.22. The maximum absolute atomic E-state index is 14.2. The van der Waals surface area contributed by atoms with Crippen LogP contribution in [0, 0.1) is 12.7 Å². The molecular formula is C20H24FN5O3. The molecule has 1 saturated heterocycles. The van der Waals surface area contributed by atoms with Gasteiger partial charge in [0.25, 0.3) is 0 Å². The molecule has 1 aromatic heterocycles. The molecule has 0 unspecified atom stereocenters. The van der Waals surface area contributed by atoms with Crippen molar-refractivity contribution in [3.8, 4) is 0 Å². The third kappa shape index (κ3) is 5.34. The molecule has 0 bridgehead atoms. The van der Waals surface area contributed by atoms with Gasteiger partial charge in [-0.2, -0.15) is 0 Å². The molecule has 3 rings (SSSR count). The molecule has 9 heteroatoms. The summed E-state index contributed by atoms with van der Waals surface area (Å²) in [5.41, 5.74) is 2.64. The van der Waals surface area contributed by atoms with E-state index in [4.69, 9.17) is 4.74 Å². The zero-order valence-corrected chi connectivity index (χ0v) is 16.4. The average Bonchev–Trinajstić information content (AvgIpc) is 2.74. The van der Waals surface area contributed by atoms with Gasteiger partial charge in [-0.25, -0.2) is 14.0 Å². The number of nitrogens with one attached hydrogen (secondary N) is 2. The molecule has 1 aliphatic rings. The predicted molar refractivity (Wildman–Crippen MR) is 107 cm³/mol. The number of piperazine rings is 1. The molecule has 29 heavy (non-hydrogen) atoms. The van der Waals surface area contributed by atoms with E-state index in [1.165, 1.54) is 13.2 Å². The van der Waals surface area contributed by atoms with Crippen molar-refractivity contribution in [2.45, 2.75) is 13.5 Å². The second-order valence-corrected chi connectivity index (χ2v) is 6.72. The van der Waals surface area contributed by atoms with Gasteiger partial charge < -0.3 is 25.2 Å². The second kappa shape index (κ2) is 9.22. The van der Waals surface area contributed by atoms with Gasteiger partial charge in [-0.05, 0) is 37.3 Å². The largest absolute Gasteiger partial charge is 0.453 e. The number of ether oxygens (including phenoxy) is 1. The summed E-state index contributed by atoms with van der Waals surface area (Å²) in [5.74, 6) is -0.390. The summed E-state index contributed by atoms with van der Waals surface area (Å²) in [5, 5.41) is 5.32. The number of pyridine rings is 1. The summed E-state index contributed by atoms with van der Waals surface area (Å²) in [6.45, 7) is 4.21. The lowest BCUT2D eigenvalue weighted by atomic mass is 10.1. The van der Waals surface area contributed by atoms with E-state index >= 15 is 0 Å². The van der Waals surface area contributed by atoms with Crippen molar-refractivity contribution < 1.29 is 18.7 Å². The smallest absolute Gasteiger partial charge is 0.409 e. The first-order valence-electron chi connectivity index (χ1n) is 9.30. The Kier molecular flexibility index (Phi) is 6.48. The molecule has 0 spiro atoms. The summed E-state index contributed by atoms with van der Waals surface area (Å²) < 4.78 is 18.9. The number of benzene rings is 1. The van der Waals surface area contributed by atoms with Crippen molar-refractivity contribution in [2.75, 3.05) is 43.5 Å². The number of amides is 3. The molecule has 1 fully saturated rings. The average molecular weight is 401 g/mol. The van der Waals surface area contributed by atoms with E-state index in [1.54, 1.807) is 35.4 Å². The number of urea groups is 1. The fourth-order valence-electron chi connectivity index (χ4n) is 3.06. The van der Waals surface area contributed by atoms with E-state index in [9.17, 15) is 14.0 Å². The highest BCUT2D eigenvalue weighted by Crippen LogP contribution is 2.21. The molecule has 1 aliphatic heterocycles. The number of methoxy groups -OCH3 is 1. The van der Waals surface area contributed by atoms with Crippen LogP contribution in [-0.2, 0) is 11.3 Å². The molecule has 0 radical (unpaired) electrons. The van der Waals surface area contributed by atoms with Crippen molar-refractivity contribution in [3.05, 3.63) is 53.6 Å². The van der Waals surface area contributed by atoms with Crippen molar-refractivity contribution in [1.29, 1.82) is 0 Å². The topological polar surface area (TPSA) is 86.8 Å². The van der Waals surface area contributed by atoms with Gasteiger partial charge in [0.2, 0.25) is 0 Å². The van der Waals surface area contributed by atoms with Crippen LogP contribution in [0.2, 0.25) is 0 Å². The van der Waals surface area contributed by atoms with Crippen LogP contribution in [0.5, 0.6) is 0 Å². The number of anilines is 2. The summed E-state index contributed by atoms with van der Waals surface area (Å²) in [7, 11) is 1.36. The van der Waals surface area contributed by atoms with Crippen LogP contribution in [0.15, 0.2) is 36.5 Å². The SMILES string of the molecule is COC(=O)N1CCN(c2ccc(F)c(CNC(=O)Nc3ccc(C)nc3)c2)CC1. The standard InChI is InChI=1S/C20H24FN5O3/c1-14-3-4-16(13-22-14)24-19(27)23-12-15-11-17(5-6-18(15)21)25-7-9-26(10-8-25)20(28)29-2/h3-6,11,13H,7-10,12H2,1-2H3,(H2,23,24,27). The Morgan fingerprint density at radius 3 is 2.59 bits per heavy atom. The summed E-state index contributed by atoms with van der Waals surface area (Å²) in [6.07, 6.45) is 1.22. The van der Waals surface area contributed by atoms with Gasteiger partial charge in [-0.3, -0.25) is 4.98 Å². The molecule has 1 aromatic carbocycles. The van der Waals surface area contributed by atoms with Crippen LogP contribution >= 0.6 is 0 Å². The first-order valence-corrected chi connectivity index (χ1v) is 9.30. The number of carbonyl (C=O) groups is 2. The lowest BCUT2D eigenvalue weighted by molar-refractivity contribution is 0.121. The van der Waals surface area contributed by atoms with E-state index in [-0.39, 0.29) is 18.5 Å². The van der Waals surface area contributed by atoms with E-state index in [0.29, 0.717) is 37.4 Å². The third-order valence-electron chi connectivity index (χ3n) is 4.72. The molecule has 2 heterocycles. The molecule has 2 N–H and O–H groups in total. The molecular weight excluding hydrogens is 377 g/mol. The van der Waals surface area contributed by atoms with Gasteiger partial charge in [0.05, 0.1) is 19.0 Å². The molecule has 0 atom stereocenters. The second-order valence-electron chi connectivity index (χ2n) is 6.72. The Labute approximate surface area is 168 Å². The maximum Gasteiger partial charge on any atom is 0.409 e. The van der Waals surface area contributed by atoms with Crippen LogP contribution in [0.4, 0.5) is 25.4 Å². The van der Waals surface area contributed by atoms with Gasteiger partial charge in [-0.15, -0.1) is 0 Å². The number of hydrogen-bond acceptors (Lipinski definition) is 5. The number of aromatic nitrogens is 1. The predicted octanol–water partition coefficient (Wildman–Crippen LogP) is 2.74. The summed E-state index contributed by atoms with van der Waals surface area (Å²) >= 11 is 0. The number of aryl methyl sites for hydroxylation is 1. The Bertz CT molecular complexity index is 867. The number of hydrogen-bond donors (Lipinski definition) is 2. The Balaban J connectivity index is 1.57. The minimum Gasteiger partial charge on any atom is -0.453 e. The third-order valence-corrected chi connectivity index (χ3v) is 4.72.